The second-order valence-corrected chi connectivity index (χ2v) is 7.58. The fourth-order valence-electron chi connectivity index (χ4n) is 2.68. The van der Waals surface area contributed by atoms with Crippen LogP contribution in [0.2, 0.25) is 0 Å². The molecule has 0 unspecified atom stereocenters. The third-order valence-electron chi connectivity index (χ3n) is 3.90. The highest BCUT2D eigenvalue weighted by Gasteiger charge is 2.15. The number of hydrogen-bond donors (Lipinski definition) is 0. The highest BCUT2D eigenvalue weighted by molar-refractivity contribution is 5.69. The van der Waals surface area contributed by atoms with Crippen LogP contribution >= 0.6 is 0 Å². The summed E-state index contributed by atoms with van der Waals surface area (Å²) in [5.41, 5.74) is -0.340. The summed E-state index contributed by atoms with van der Waals surface area (Å²) in [5, 5.41) is 0. The van der Waals surface area contributed by atoms with Gasteiger partial charge in [-0.1, -0.05) is 84.0 Å². The van der Waals surface area contributed by atoms with Crippen LogP contribution in [-0.4, -0.2) is 11.6 Å². The number of carbonyl (C=O) groups excluding carboxylic acids is 1. The van der Waals surface area contributed by atoms with Gasteiger partial charge in [-0.25, -0.2) is 0 Å². The molecular formula is C20H40O2. The summed E-state index contributed by atoms with van der Waals surface area (Å²) in [4.78, 5) is 11.5. The van der Waals surface area contributed by atoms with Gasteiger partial charge in [0.25, 0.3) is 0 Å². The quantitative estimate of drug-likeness (QED) is 0.260. The van der Waals surface area contributed by atoms with Gasteiger partial charge in [0.2, 0.25) is 0 Å². The van der Waals surface area contributed by atoms with Crippen molar-refractivity contribution in [1.82, 2.24) is 0 Å². The molecule has 0 fully saturated rings. The van der Waals surface area contributed by atoms with Crippen molar-refractivity contribution in [3.8, 4) is 0 Å². The van der Waals surface area contributed by atoms with E-state index in [1.807, 2.05) is 20.8 Å². The molecule has 132 valence electrons. The van der Waals surface area contributed by atoms with Crippen molar-refractivity contribution in [3.05, 3.63) is 0 Å². The van der Waals surface area contributed by atoms with Crippen LogP contribution in [-0.2, 0) is 9.53 Å². The van der Waals surface area contributed by atoms with Gasteiger partial charge < -0.3 is 4.74 Å². The first kappa shape index (κ1) is 21.5. The van der Waals surface area contributed by atoms with E-state index in [1.165, 1.54) is 70.6 Å². The molecule has 0 atom stereocenters. The highest BCUT2D eigenvalue weighted by atomic mass is 16.6. The molecule has 0 N–H and O–H groups in total. The largest absolute Gasteiger partial charge is 0.460 e. The lowest BCUT2D eigenvalue weighted by Crippen LogP contribution is -2.23. The monoisotopic (exact) mass is 312 g/mol. The predicted molar refractivity (Wildman–Crippen MR) is 96.2 cm³/mol. The van der Waals surface area contributed by atoms with Crippen LogP contribution in [0.3, 0.4) is 0 Å². The van der Waals surface area contributed by atoms with E-state index in [4.69, 9.17) is 4.74 Å². The van der Waals surface area contributed by atoms with Gasteiger partial charge in [0, 0.05) is 6.42 Å². The van der Waals surface area contributed by atoms with E-state index in [2.05, 4.69) is 6.92 Å². The molecule has 0 aromatic rings. The van der Waals surface area contributed by atoms with Gasteiger partial charge in [0.15, 0.2) is 0 Å². The lowest BCUT2D eigenvalue weighted by molar-refractivity contribution is -0.154. The van der Waals surface area contributed by atoms with E-state index in [0.29, 0.717) is 6.42 Å². The van der Waals surface area contributed by atoms with Crippen molar-refractivity contribution >= 4 is 5.97 Å². The lowest BCUT2D eigenvalue weighted by atomic mass is 10.0. The molecule has 0 aromatic heterocycles. The van der Waals surface area contributed by atoms with Gasteiger partial charge in [0.1, 0.15) is 5.60 Å². The van der Waals surface area contributed by atoms with E-state index in [0.717, 1.165) is 12.8 Å². The average Bonchev–Trinajstić information content (AvgIpc) is 2.42. The molecule has 0 spiro atoms. The Bertz CT molecular complexity index is 253. The Labute approximate surface area is 139 Å². The molecule has 0 aliphatic rings. The van der Waals surface area contributed by atoms with Crippen molar-refractivity contribution in [3.63, 3.8) is 0 Å². The van der Waals surface area contributed by atoms with Crippen molar-refractivity contribution in [1.29, 1.82) is 0 Å². The SMILES string of the molecule is CCCCCCCCCCCCCCCC(=O)OC(C)(C)C. The number of carbonyl (C=O) groups is 1. The van der Waals surface area contributed by atoms with Crippen LogP contribution in [0.15, 0.2) is 0 Å². The minimum Gasteiger partial charge on any atom is -0.460 e. The summed E-state index contributed by atoms with van der Waals surface area (Å²) in [6, 6.07) is 0. The maximum atomic E-state index is 11.5. The van der Waals surface area contributed by atoms with Gasteiger partial charge in [0.05, 0.1) is 0 Å². The predicted octanol–water partition coefficient (Wildman–Crippen LogP) is 6.81. The second kappa shape index (κ2) is 14.1. The zero-order valence-electron chi connectivity index (χ0n) is 15.7. The molecule has 22 heavy (non-hydrogen) atoms. The maximum Gasteiger partial charge on any atom is 0.306 e. The fourth-order valence-corrected chi connectivity index (χ4v) is 2.68. The molecular weight excluding hydrogens is 272 g/mol. The van der Waals surface area contributed by atoms with Gasteiger partial charge in [-0.2, -0.15) is 0 Å². The van der Waals surface area contributed by atoms with Crippen LogP contribution in [0.1, 0.15) is 118 Å². The third kappa shape index (κ3) is 17.5. The molecule has 0 saturated heterocycles. The van der Waals surface area contributed by atoms with Gasteiger partial charge in [-0.05, 0) is 27.2 Å². The number of hydrogen-bond acceptors (Lipinski definition) is 2. The van der Waals surface area contributed by atoms with Crippen molar-refractivity contribution in [2.24, 2.45) is 0 Å². The van der Waals surface area contributed by atoms with Crippen LogP contribution in [0.25, 0.3) is 0 Å². The molecule has 0 aromatic carbocycles. The summed E-state index contributed by atoms with van der Waals surface area (Å²) in [6.07, 6.45) is 17.9. The van der Waals surface area contributed by atoms with Crippen molar-refractivity contribution < 1.29 is 9.53 Å². The first-order chi connectivity index (χ1) is 10.5. The average molecular weight is 313 g/mol. The fraction of sp³-hybridized carbons (Fsp3) is 0.950. The molecule has 0 amide bonds. The summed E-state index contributed by atoms with van der Waals surface area (Å²) >= 11 is 0. The Balaban J connectivity index is 3.16. The number of rotatable bonds is 14. The molecule has 0 heterocycles. The summed E-state index contributed by atoms with van der Waals surface area (Å²) in [6.45, 7) is 8.05. The number of unbranched alkanes of at least 4 members (excludes halogenated alkanes) is 12. The highest BCUT2D eigenvalue weighted by Crippen LogP contribution is 2.14. The van der Waals surface area contributed by atoms with Gasteiger partial charge in [-0.15, -0.1) is 0 Å². The summed E-state index contributed by atoms with van der Waals surface area (Å²) in [7, 11) is 0. The smallest absolute Gasteiger partial charge is 0.306 e. The topological polar surface area (TPSA) is 26.3 Å². The van der Waals surface area contributed by atoms with Gasteiger partial charge >= 0.3 is 5.97 Å². The van der Waals surface area contributed by atoms with Crippen LogP contribution in [0.5, 0.6) is 0 Å². The molecule has 0 aliphatic carbocycles. The third-order valence-corrected chi connectivity index (χ3v) is 3.90. The molecule has 0 saturated carbocycles. The summed E-state index contributed by atoms with van der Waals surface area (Å²) < 4.78 is 5.31. The Morgan fingerprint density at radius 3 is 1.41 bits per heavy atom. The van der Waals surface area contributed by atoms with Crippen LogP contribution in [0.4, 0.5) is 0 Å². The Hall–Kier alpha value is -0.530. The molecule has 2 nitrogen and oxygen atoms in total. The number of esters is 1. The normalized spacial score (nSPS) is 11.6. The number of ether oxygens (including phenoxy) is 1. The van der Waals surface area contributed by atoms with Crippen LogP contribution in [0, 0.1) is 0 Å². The minimum absolute atomic E-state index is 0.0458. The van der Waals surface area contributed by atoms with Crippen LogP contribution < -0.4 is 0 Å². The Kier molecular flexibility index (Phi) is 13.7. The van der Waals surface area contributed by atoms with E-state index < -0.39 is 0 Å². The Morgan fingerprint density at radius 2 is 1.05 bits per heavy atom. The first-order valence-corrected chi connectivity index (χ1v) is 9.67. The standard InChI is InChI=1S/C20H40O2/c1-5-6-7-8-9-10-11-12-13-14-15-16-17-18-19(21)22-20(2,3)4/h5-18H2,1-4H3. The minimum atomic E-state index is -0.340. The molecule has 0 rings (SSSR count). The molecule has 0 aliphatic heterocycles. The molecule has 0 radical (unpaired) electrons. The van der Waals surface area contributed by atoms with E-state index in [-0.39, 0.29) is 11.6 Å². The molecule has 0 bridgehead atoms. The Morgan fingerprint density at radius 1 is 0.682 bits per heavy atom. The zero-order chi connectivity index (χ0) is 16.7. The first-order valence-electron chi connectivity index (χ1n) is 9.67. The zero-order valence-corrected chi connectivity index (χ0v) is 15.7. The lowest BCUT2D eigenvalue weighted by Gasteiger charge is -2.19. The van der Waals surface area contributed by atoms with Crippen molar-refractivity contribution in [2.45, 2.75) is 123 Å². The van der Waals surface area contributed by atoms with Gasteiger partial charge in [-0.3, -0.25) is 4.79 Å². The van der Waals surface area contributed by atoms with Crippen molar-refractivity contribution in [2.75, 3.05) is 0 Å². The van der Waals surface area contributed by atoms with E-state index >= 15 is 0 Å². The maximum absolute atomic E-state index is 11.5. The van der Waals surface area contributed by atoms with E-state index in [1.54, 1.807) is 0 Å². The summed E-state index contributed by atoms with van der Waals surface area (Å²) in [5.74, 6) is -0.0458. The second-order valence-electron chi connectivity index (χ2n) is 7.58. The van der Waals surface area contributed by atoms with E-state index in [9.17, 15) is 4.79 Å². The molecule has 2 heteroatoms.